The van der Waals surface area contributed by atoms with E-state index in [1.165, 1.54) is 18.5 Å². The van der Waals surface area contributed by atoms with Crippen molar-refractivity contribution in [2.45, 2.75) is 6.42 Å². The van der Waals surface area contributed by atoms with Crippen molar-refractivity contribution >= 4 is 17.4 Å². The number of hydrogen-bond acceptors (Lipinski definition) is 5. The molecule has 0 unspecified atom stereocenters. The lowest BCUT2D eigenvalue weighted by atomic mass is 10.1. The van der Waals surface area contributed by atoms with Crippen molar-refractivity contribution in [3.8, 4) is 5.75 Å². The average Bonchev–Trinajstić information content (AvgIpc) is 2.71. The van der Waals surface area contributed by atoms with Gasteiger partial charge in [-0.25, -0.2) is 18.7 Å². The number of para-hydroxylation sites is 1. The Labute approximate surface area is 160 Å². The van der Waals surface area contributed by atoms with Gasteiger partial charge in [0.2, 0.25) is 0 Å². The molecule has 2 aromatic carbocycles. The predicted octanol–water partition coefficient (Wildman–Crippen LogP) is 3.67. The Balaban J connectivity index is 1.62. The average molecular weight is 384 g/mol. The van der Waals surface area contributed by atoms with E-state index in [-0.39, 0.29) is 5.69 Å². The Morgan fingerprint density at radius 2 is 1.82 bits per heavy atom. The van der Waals surface area contributed by atoms with Crippen molar-refractivity contribution in [1.29, 1.82) is 0 Å². The Morgan fingerprint density at radius 1 is 1.07 bits per heavy atom. The highest BCUT2D eigenvalue weighted by atomic mass is 19.1. The maximum atomic E-state index is 13.7. The molecule has 8 heteroatoms. The van der Waals surface area contributed by atoms with Crippen molar-refractivity contribution in [2.24, 2.45) is 0 Å². The number of nitrogens with zero attached hydrogens (tertiary/aromatic N) is 2. The SMILES string of the molecule is COc1cccc(CCNc2cc(C(=O)Nc3c(F)cccc3F)ncn2)c1. The number of carbonyl (C=O) groups excluding carboxylic acids is 1. The lowest BCUT2D eigenvalue weighted by Gasteiger charge is -2.09. The van der Waals surface area contributed by atoms with Crippen molar-refractivity contribution < 1.29 is 18.3 Å². The fourth-order valence-corrected chi connectivity index (χ4v) is 2.54. The first kappa shape index (κ1) is 19.2. The molecule has 0 aliphatic rings. The molecule has 0 radical (unpaired) electrons. The molecule has 0 atom stereocenters. The molecule has 0 saturated carbocycles. The van der Waals surface area contributed by atoms with Gasteiger partial charge in [-0.2, -0.15) is 0 Å². The largest absolute Gasteiger partial charge is 0.497 e. The van der Waals surface area contributed by atoms with Crippen LogP contribution in [0.4, 0.5) is 20.3 Å². The third kappa shape index (κ3) is 4.79. The minimum Gasteiger partial charge on any atom is -0.497 e. The Hall–Kier alpha value is -3.55. The fourth-order valence-electron chi connectivity index (χ4n) is 2.54. The van der Waals surface area contributed by atoms with Crippen LogP contribution in [0.1, 0.15) is 16.1 Å². The van der Waals surface area contributed by atoms with E-state index < -0.39 is 23.2 Å². The van der Waals surface area contributed by atoms with E-state index in [4.69, 9.17) is 4.74 Å². The molecule has 1 heterocycles. The first-order valence-electron chi connectivity index (χ1n) is 8.51. The van der Waals surface area contributed by atoms with Gasteiger partial charge in [0, 0.05) is 12.6 Å². The Kier molecular flexibility index (Phi) is 6.11. The van der Waals surface area contributed by atoms with E-state index in [9.17, 15) is 13.6 Å². The van der Waals surface area contributed by atoms with E-state index in [1.54, 1.807) is 7.11 Å². The van der Waals surface area contributed by atoms with Crippen LogP contribution in [0, 0.1) is 11.6 Å². The number of nitrogens with one attached hydrogen (secondary N) is 2. The predicted molar refractivity (Wildman–Crippen MR) is 102 cm³/mol. The van der Waals surface area contributed by atoms with Crippen molar-refractivity contribution in [3.05, 3.63) is 77.8 Å². The smallest absolute Gasteiger partial charge is 0.274 e. The molecule has 2 N–H and O–H groups in total. The molecular weight excluding hydrogens is 366 g/mol. The normalized spacial score (nSPS) is 10.4. The van der Waals surface area contributed by atoms with Gasteiger partial charge in [-0.05, 0) is 36.2 Å². The molecular formula is C20H18F2N4O2. The third-order valence-corrected chi connectivity index (χ3v) is 3.95. The summed E-state index contributed by atoms with van der Waals surface area (Å²) in [5.41, 5.74) is 0.550. The molecule has 1 aromatic heterocycles. The molecule has 0 aliphatic carbocycles. The van der Waals surface area contributed by atoms with Crippen LogP contribution in [0.2, 0.25) is 0 Å². The zero-order chi connectivity index (χ0) is 19.9. The van der Waals surface area contributed by atoms with Crippen LogP contribution in [-0.2, 0) is 6.42 Å². The van der Waals surface area contributed by atoms with Gasteiger partial charge in [-0.3, -0.25) is 4.79 Å². The number of amides is 1. The third-order valence-electron chi connectivity index (χ3n) is 3.95. The van der Waals surface area contributed by atoms with E-state index >= 15 is 0 Å². The number of carbonyl (C=O) groups is 1. The molecule has 6 nitrogen and oxygen atoms in total. The molecule has 28 heavy (non-hydrogen) atoms. The van der Waals surface area contributed by atoms with Crippen LogP contribution in [0.15, 0.2) is 54.9 Å². The van der Waals surface area contributed by atoms with Gasteiger partial charge in [0.25, 0.3) is 5.91 Å². The van der Waals surface area contributed by atoms with Crippen molar-refractivity contribution in [2.75, 3.05) is 24.3 Å². The van der Waals surface area contributed by atoms with Crippen LogP contribution in [-0.4, -0.2) is 29.5 Å². The van der Waals surface area contributed by atoms with E-state index in [0.29, 0.717) is 18.8 Å². The monoisotopic (exact) mass is 384 g/mol. The quantitative estimate of drug-likeness (QED) is 0.650. The standard InChI is InChI=1S/C20H18F2N4O2/c1-28-14-5-2-4-13(10-14)8-9-23-18-11-17(24-12-25-18)20(27)26-19-15(21)6-3-7-16(19)22/h2-7,10-12H,8-9H2,1H3,(H,26,27)(H,23,24,25). The number of halogens is 2. The van der Waals surface area contributed by atoms with E-state index in [0.717, 1.165) is 23.4 Å². The molecule has 0 fully saturated rings. The molecule has 0 aliphatic heterocycles. The van der Waals surface area contributed by atoms with Gasteiger partial charge >= 0.3 is 0 Å². The first-order chi connectivity index (χ1) is 13.6. The number of rotatable bonds is 7. The Morgan fingerprint density at radius 3 is 2.57 bits per heavy atom. The second-order valence-electron chi connectivity index (χ2n) is 5.87. The summed E-state index contributed by atoms with van der Waals surface area (Å²) in [6.45, 7) is 0.563. The highest BCUT2D eigenvalue weighted by Crippen LogP contribution is 2.19. The zero-order valence-corrected chi connectivity index (χ0v) is 15.1. The molecule has 0 bridgehead atoms. The number of anilines is 2. The highest BCUT2D eigenvalue weighted by Gasteiger charge is 2.15. The summed E-state index contributed by atoms with van der Waals surface area (Å²) in [6.07, 6.45) is 1.92. The van der Waals surface area contributed by atoms with Crippen LogP contribution in [0.5, 0.6) is 5.75 Å². The molecule has 144 valence electrons. The van der Waals surface area contributed by atoms with E-state index in [2.05, 4.69) is 20.6 Å². The molecule has 3 rings (SSSR count). The lowest BCUT2D eigenvalue weighted by Crippen LogP contribution is -2.17. The minimum absolute atomic E-state index is 0.0125. The van der Waals surface area contributed by atoms with Crippen molar-refractivity contribution in [1.82, 2.24) is 9.97 Å². The van der Waals surface area contributed by atoms with Gasteiger partial charge in [-0.15, -0.1) is 0 Å². The van der Waals surface area contributed by atoms with Gasteiger partial charge in [0.1, 0.15) is 40.9 Å². The van der Waals surface area contributed by atoms with Gasteiger partial charge in [0.05, 0.1) is 7.11 Å². The number of methoxy groups -OCH3 is 1. The van der Waals surface area contributed by atoms with Gasteiger partial charge in [0.15, 0.2) is 0 Å². The molecule has 0 spiro atoms. The second-order valence-corrected chi connectivity index (χ2v) is 5.87. The topological polar surface area (TPSA) is 76.1 Å². The molecule has 3 aromatic rings. The summed E-state index contributed by atoms with van der Waals surface area (Å²) in [7, 11) is 1.61. The number of aromatic nitrogens is 2. The van der Waals surface area contributed by atoms with E-state index in [1.807, 2.05) is 24.3 Å². The number of ether oxygens (including phenoxy) is 1. The first-order valence-corrected chi connectivity index (χ1v) is 8.51. The summed E-state index contributed by atoms with van der Waals surface area (Å²) < 4.78 is 32.5. The molecule has 0 saturated heterocycles. The maximum absolute atomic E-state index is 13.7. The molecule has 1 amide bonds. The Bertz CT molecular complexity index is 962. The second kappa shape index (κ2) is 8.90. The fraction of sp³-hybridized carbons (Fsp3) is 0.150. The highest BCUT2D eigenvalue weighted by molar-refractivity contribution is 6.03. The van der Waals surface area contributed by atoms with Crippen LogP contribution in [0.3, 0.4) is 0 Å². The lowest BCUT2D eigenvalue weighted by molar-refractivity contribution is 0.102. The minimum atomic E-state index is -0.862. The maximum Gasteiger partial charge on any atom is 0.274 e. The van der Waals surface area contributed by atoms with Crippen LogP contribution >= 0.6 is 0 Å². The van der Waals surface area contributed by atoms with Gasteiger partial charge in [-0.1, -0.05) is 18.2 Å². The summed E-state index contributed by atoms with van der Waals surface area (Å²) in [5.74, 6) is -1.25. The summed E-state index contributed by atoms with van der Waals surface area (Å²) in [5, 5.41) is 5.29. The summed E-state index contributed by atoms with van der Waals surface area (Å²) >= 11 is 0. The summed E-state index contributed by atoms with van der Waals surface area (Å²) in [4.78, 5) is 20.2. The zero-order valence-electron chi connectivity index (χ0n) is 15.1. The van der Waals surface area contributed by atoms with Crippen molar-refractivity contribution in [3.63, 3.8) is 0 Å². The van der Waals surface area contributed by atoms with Gasteiger partial charge < -0.3 is 15.4 Å². The summed E-state index contributed by atoms with van der Waals surface area (Å²) in [6, 6.07) is 12.4. The number of benzene rings is 2. The number of hydrogen-bond donors (Lipinski definition) is 2. The van der Waals surface area contributed by atoms with Crippen LogP contribution < -0.4 is 15.4 Å². The van der Waals surface area contributed by atoms with Crippen LogP contribution in [0.25, 0.3) is 0 Å².